The number of imidazole rings is 1. The first-order valence-electron chi connectivity index (χ1n) is 13.1. The second-order valence-electron chi connectivity index (χ2n) is 10.2. The number of carbonyl (C=O) groups is 1. The molecule has 0 radical (unpaired) electrons. The molecule has 3 aliphatic heterocycles. The van der Waals surface area contributed by atoms with E-state index in [2.05, 4.69) is 26.4 Å². The van der Waals surface area contributed by atoms with Crippen LogP contribution in [0.15, 0.2) is 36.5 Å². The first-order valence-corrected chi connectivity index (χ1v) is 13.1. The van der Waals surface area contributed by atoms with Crippen molar-refractivity contribution in [2.45, 2.75) is 45.1 Å². The fourth-order valence-corrected chi connectivity index (χ4v) is 5.73. The summed E-state index contributed by atoms with van der Waals surface area (Å²) < 4.78 is 28.8. The van der Waals surface area contributed by atoms with E-state index in [1.54, 1.807) is 13.1 Å². The van der Waals surface area contributed by atoms with Crippen molar-refractivity contribution in [3.05, 3.63) is 81.7 Å². The average molecular weight is 524 g/mol. The predicted octanol–water partition coefficient (Wildman–Crippen LogP) is 4.12. The van der Waals surface area contributed by atoms with Gasteiger partial charge in [0.25, 0.3) is 5.91 Å². The van der Waals surface area contributed by atoms with E-state index in [0.29, 0.717) is 35.7 Å². The molecule has 0 spiro atoms. The standard InChI is InChI=1S/C30H26FN5O3/c1-35(30(37)21-11-20-22-14-38-15-23(22)29(32)34-25(20)12-24(21)31)26-16-39-27-10-17(6-8-19(26)27)5-7-18-13-33-28-4-2-3-9-36(18)28/h6,8,10-13,26H,2-4,9,14-16H2,1H3,(H2,32,34)/t26-/m1/s1. The van der Waals surface area contributed by atoms with Gasteiger partial charge in [-0.15, -0.1) is 0 Å². The fraction of sp³-hybridized carbons (Fsp3) is 0.300. The van der Waals surface area contributed by atoms with Crippen LogP contribution >= 0.6 is 0 Å². The Morgan fingerprint density at radius 1 is 1.18 bits per heavy atom. The average Bonchev–Trinajstić information content (AvgIpc) is 3.69. The second-order valence-corrected chi connectivity index (χ2v) is 10.2. The number of anilines is 1. The molecule has 2 N–H and O–H groups in total. The topological polar surface area (TPSA) is 95.5 Å². The summed E-state index contributed by atoms with van der Waals surface area (Å²) in [5.41, 5.74) is 10.7. The number of nitrogen functional groups attached to an aromatic ring is 1. The molecule has 3 aliphatic rings. The summed E-state index contributed by atoms with van der Waals surface area (Å²) in [4.78, 5) is 23.9. The van der Waals surface area contributed by atoms with E-state index in [9.17, 15) is 4.79 Å². The zero-order valence-corrected chi connectivity index (χ0v) is 21.5. The molecule has 5 heterocycles. The van der Waals surface area contributed by atoms with E-state index in [0.717, 1.165) is 53.2 Å². The van der Waals surface area contributed by atoms with Gasteiger partial charge in [0.15, 0.2) is 0 Å². The number of halogens is 1. The predicted molar refractivity (Wildman–Crippen MR) is 143 cm³/mol. The minimum Gasteiger partial charge on any atom is -0.491 e. The molecule has 0 saturated heterocycles. The molecule has 2 aromatic heterocycles. The molecule has 4 aromatic rings. The van der Waals surface area contributed by atoms with Crippen molar-refractivity contribution in [2.75, 3.05) is 19.4 Å². The zero-order chi connectivity index (χ0) is 26.7. The van der Waals surface area contributed by atoms with Gasteiger partial charge < -0.3 is 24.7 Å². The van der Waals surface area contributed by atoms with Crippen LogP contribution in [0.3, 0.4) is 0 Å². The smallest absolute Gasteiger partial charge is 0.257 e. The fourth-order valence-electron chi connectivity index (χ4n) is 5.73. The molecule has 8 nitrogen and oxygen atoms in total. The number of aromatic nitrogens is 3. The third-order valence-corrected chi connectivity index (χ3v) is 7.91. The first kappa shape index (κ1) is 23.7. The zero-order valence-electron chi connectivity index (χ0n) is 21.5. The van der Waals surface area contributed by atoms with Crippen LogP contribution < -0.4 is 10.5 Å². The summed E-state index contributed by atoms with van der Waals surface area (Å²) in [6.07, 6.45) is 5.14. The quantitative estimate of drug-likeness (QED) is 0.397. The molecule has 0 bridgehead atoms. The van der Waals surface area contributed by atoms with E-state index in [-0.39, 0.29) is 18.2 Å². The summed E-state index contributed by atoms with van der Waals surface area (Å²) in [5, 5.41) is 0.681. The van der Waals surface area contributed by atoms with Crippen molar-refractivity contribution in [1.29, 1.82) is 0 Å². The molecular weight excluding hydrogens is 497 g/mol. The summed E-state index contributed by atoms with van der Waals surface area (Å²) in [7, 11) is 1.67. The molecule has 0 unspecified atom stereocenters. The lowest BCUT2D eigenvalue weighted by Gasteiger charge is -2.24. The van der Waals surface area contributed by atoms with Crippen LogP contribution in [-0.4, -0.2) is 39.0 Å². The van der Waals surface area contributed by atoms with E-state index in [1.165, 1.54) is 17.4 Å². The highest BCUT2D eigenvalue weighted by Crippen LogP contribution is 2.38. The number of pyridine rings is 1. The lowest BCUT2D eigenvalue weighted by atomic mass is 10.0. The van der Waals surface area contributed by atoms with Crippen LogP contribution in [0.25, 0.3) is 10.9 Å². The number of aryl methyl sites for hydroxylation is 1. The molecule has 9 heteroatoms. The van der Waals surface area contributed by atoms with E-state index in [1.807, 2.05) is 24.4 Å². The Morgan fingerprint density at radius 3 is 2.95 bits per heavy atom. The van der Waals surface area contributed by atoms with Gasteiger partial charge in [-0.25, -0.2) is 14.4 Å². The first-order chi connectivity index (χ1) is 19.0. The second kappa shape index (κ2) is 9.10. The van der Waals surface area contributed by atoms with Gasteiger partial charge >= 0.3 is 0 Å². The number of fused-ring (bicyclic) bond motifs is 5. The van der Waals surface area contributed by atoms with Gasteiger partial charge in [0.1, 0.15) is 35.5 Å². The maximum absolute atomic E-state index is 15.1. The van der Waals surface area contributed by atoms with Gasteiger partial charge in [0.05, 0.1) is 36.5 Å². The van der Waals surface area contributed by atoms with Gasteiger partial charge in [0.2, 0.25) is 0 Å². The van der Waals surface area contributed by atoms with Crippen LogP contribution in [0.2, 0.25) is 0 Å². The number of likely N-dealkylation sites (N-methyl/N-ethyl adjacent to an activating group) is 1. The highest BCUT2D eigenvalue weighted by molar-refractivity contribution is 5.99. The number of carbonyl (C=O) groups excluding carboxylic acids is 1. The van der Waals surface area contributed by atoms with Crippen molar-refractivity contribution >= 4 is 22.6 Å². The molecule has 2 aromatic carbocycles. The molecule has 0 saturated carbocycles. The highest BCUT2D eigenvalue weighted by Gasteiger charge is 2.32. The molecule has 1 atom stereocenters. The maximum Gasteiger partial charge on any atom is 0.257 e. The molecule has 1 amide bonds. The van der Waals surface area contributed by atoms with Crippen molar-refractivity contribution in [3.63, 3.8) is 0 Å². The normalized spacial score (nSPS) is 17.1. The van der Waals surface area contributed by atoms with Crippen LogP contribution in [0.4, 0.5) is 10.2 Å². The summed E-state index contributed by atoms with van der Waals surface area (Å²) >= 11 is 0. The number of hydrogen-bond donors (Lipinski definition) is 1. The van der Waals surface area contributed by atoms with Crippen LogP contribution in [-0.2, 0) is 30.9 Å². The number of ether oxygens (including phenoxy) is 2. The minimum absolute atomic E-state index is 0.0225. The van der Waals surface area contributed by atoms with E-state index >= 15 is 4.39 Å². The molecule has 39 heavy (non-hydrogen) atoms. The van der Waals surface area contributed by atoms with Gasteiger partial charge in [-0.3, -0.25) is 4.79 Å². The third-order valence-electron chi connectivity index (χ3n) is 7.91. The molecule has 196 valence electrons. The van der Waals surface area contributed by atoms with Gasteiger partial charge in [-0.1, -0.05) is 12.0 Å². The minimum atomic E-state index is -0.642. The lowest BCUT2D eigenvalue weighted by Crippen LogP contribution is -2.32. The number of nitrogens with two attached hydrogens (primary N) is 1. The van der Waals surface area contributed by atoms with Gasteiger partial charge in [-0.2, -0.15) is 0 Å². The number of nitrogens with zero attached hydrogens (tertiary/aromatic N) is 4. The largest absolute Gasteiger partial charge is 0.491 e. The Kier molecular flexibility index (Phi) is 5.53. The Labute approximate surface area is 224 Å². The van der Waals surface area contributed by atoms with Crippen LogP contribution in [0.5, 0.6) is 5.75 Å². The van der Waals surface area contributed by atoms with Crippen molar-refractivity contribution in [1.82, 2.24) is 19.4 Å². The number of amides is 1. The van der Waals surface area contributed by atoms with Crippen LogP contribution in [0.1, 0.15) is 63.0 Å². The number of hydrogen-bond acceptors (Lipinski definition) is 6. The van der Waals surface area contributed by atoms with Gasteiger partial charge in [-0.05, 0) is 42.5 Å². The SMILES string of the molecule is CN(C(=O)c1cc2c3c(c(N)nc2cc1F)COC3)[C@@H]1COc2cc(C#Cc3cnc4n3CCCC4)ccc21. The molecule has 7 rings (SSSR count). The summed E-state index contributed by atoms with van der Waals surface area (Å²) in [5.74, 6) is 7.49. The van der Waals surface area contributed by atoms with Gasteiger partial charge in [0, 0.05) is 48.2 Å². The monoisotopic (exact) mass is 523 g/mol. The van der Waals surface area contributed by atoms with Crippen molar-refractivity contribution in [3.8, 4) is 17.6 Å². The maximum atomic E-state index is 15.1. The Hall–Kier alpha value is -4.42. The van der Waals surface area contributed by atoms with E-state index in [4.69, 9.17) is 15.2 Å². The van der Waals surface area contributed by atoms with E-state index < -0.39 is 11.7 Å². The third kappa shape index (κ3) is 3.91. The number of rotatable bonds is 2. The molecule has 0 aliphatic carbocycles. The van der Waals surface area contributed by atoms with Crippen molar-refractivity contribution < 1.29 is 18.7 Å². The Bertz CT molecular complexity index is 1730. The Balaban J connectivity index is 1.15. The van der Waals surface area contributed by atoms with Crippen molar-refractivity contribution in [2.24, 2.45) is 0 Å². The summed E-state index contributed by atoms with van der Waals surface area (Å²) in [6.45, 7) is 1.94. The Morgan fingerprint density at radius 2 is 2.05 bits per heavy atom. The molecular formula is C30H26FN5O3. The lowest BCUT2D eigenvalue weighted by molar-refractivity contribution is 0.0704. The highest BCUT2D eigenvalue weighted by atomic mass is 19.1. The molecule has 0 fully saturated rings. The van der Waals surface area contributed by atoms with Crippen LogP contribution in [0, 0.1) is 17.7 Å². The summed E-state index contributed by atoms with van der Waals surface area (Å²) in [6, 6.07) is 8.23. The number of benzene rings is 2.